The zero-order chi connectivity index (χ0) is 16.9. The van der Waals surface area contributed by atoms with Gasteiger partial charge < -0.3 is 11.1 Å². The van der Waals surface area contributed by atoms with E-state index in [9.17, 15) is 24.0 Å². The molecule has 0 aromatic rings. The number of Topliss-reactive ketones (excluding diaryl/α,β-unsaturated/α-hetero) is 2. The second kappa shape index (κ2) is 7.53. The summed E-state index contributed by atoms with van der Waals surface area (Å²) in [5.74, 6) is -0.0386. The predicted molar refractivity (Wildman–Crippen MR) is 78.1 cm³/mol. The largest absolute Gasteiger partial charge is 0.347 e. The molecule has 1 aliphatic rings. The van der Waals surface area contributed by atoms with E-state index in [-0.39, 0.29) is 23.7 Å². The van der Waals surface area contributed by atoms with Crippen LogP contribution in [0.5, 0.6) is 0 Å². The molecule has 0 aromatic heterocycles. The van der Waals surface area contributed by atoms with Crippen LogP contribution < -0.4 is 11.1 Å². The van der Waals surface area contributed by atoms with Crippen LogP contribution in [0.4, 0.5) is 0 Å². The molecular formula is C13H13N3O5S. The van der Waals surface area contributed by atoms with Gasteiger partial charge in [0.15, 0.2) is 0 Å². The van der Waals surface area contributed by atoms with E-state index in [0.717, 1.165) is 0 Å². The molecule has 1 atom stereocenters. The fourth-order valence-corrected chi connectivity index (χ4v) is 2.07. The van der Waals surface area contributed by atoms with Crippen LogP contribution in [0.15, 0.2) is 0 Å². The monoisotopic (exact) mass is 323 g/mol. The number of ketones is 2. The van der Waals surface area contributed by atoms with E-state index in [2.05, 4.69) is 5.32 Å². The Morgan fingerprint density at radius 1 is 1.36 bits per heavy atom. The van der Waals surface area contributed by atoms with Gasteiger partial charge in [0, 0.05) is 12.3 Å². The van der Waals surface area contributed by atoms with E-state index < -0.39 is 36.0 Å². The summed E-state index contributed by atoms with van der Waals surface area (Å²) >= 11 is 4.91. The van der Waals surface area contributed by atoms with Crippen LogP contribution in [0.1, 0.15) is 13.3 Å². The maximum atomic E-state index is 11.8. The topological polar surface area (TPSA) is 127 Å². The van der Waals surface area contributed by atoms with Crippen molar-refractivity contribution in [2.24, 2.45) is 11.7 Å². The molecule has 1 saturated heterocycles. The van der Waals surface area contributed by atoms with Crippen molar-refractivity contribution in [2.75, 3.05) is 13.1 Å². The molecule has 0 saturated carbocycles. The van der Waals surface area contributed by atoms with E-state index in [1.54, 1.807) is 0 Å². The third kappa shape index (κ3) is 4.28. The standard InChI is InChI=1S/C13H13N3O5S/c1-7(17)9-4-12(21)16(13(9)22)11(20)3-2-8(18)6-15-10(19)5-14/h9H,4-6,14H2,1H3,(H,15,19). The van der Waals surface area contributed by atoms with Crippen LogP contribution in [0.2, 0.25) is 0 Å². The Hall–Kier alpha value is -2.44. The summed E-state index contributed by atoms with van der Waals surface area (Å²) < 4.78 is 0. The number of carbonyl (C=O) groups is 5. The molecule has 0 radical (unpaired) electrons. The van der Waals surface area contributed by atoms with Crippen molar-refractivity contribution >= 4 is 46.5 Å². The highest BCUT2D eigenvalue weighted by Crippen LogP contribution is 2.21. The molecular weight excluding hydrogens is 310 g/mol. The van der Waals surface area contributed by atoms with E-state index >= 15 is 0 Å². The average Bonchev–Trinajstić information content (AvgIpc) is 2.77. The van der Waals surface area contributed by atoms with Crippen LogP contribution in [-0.2, 0) is 24.0 Å². The van der Waals surface area contributed by atoms with Crippen molar-refractivity contribution < 1.29 is 24.0 Å². The molecule has 9 heteroatoms. The number of nitrogens with one attached hydrogen (secondary N) is 1. The molecule has 1 fully saturated rings. The highest BCUT2D eigenvalue weighted by Gasteiger charge is 2.40. The van der Waals surface area contributed by atoms with Gasteiger partial charge in [0.2, 0.25) is 17.6 Å². The number of amides is 3. The number of nitrogens with two attached hydrogens (primary N) is 1. The lowest BCUT2D eigenvalue weighted by atomic mass is 10.1. The van der Waals surface area contributed by atoms with Gasteiger partial charge in [-0.3, -0.25) is 24.0 Å². The SMILES string of the molecule is CC(=O)C1CC(=O)N(C(=O)C#CC(=O)CNC(=O)CN)C1=S. The first kappa shape index (κ1) is 17.6. The second-order valence-electron chi connectivity index (χ2n) is 4.39. The summed E-state index contributed by atoms with van der Waals surface area (Å²) in [6.07, 6.45) is -0.178. The summed E-state index contributed by atoms with van der Waals surface area (Å²) in [6, 6.07) is 0. The molecule has 1 aliphatic heterocycles. The van der Waals surface area contributed by atoms with E-state index in [1.165, 1.54) is 6.92 Å². The minimum atomic E-state index is -0.975. The molecule has 0 spiro atoms. The summed E-state index contributed by atoms with van der Waals surface area (Å²) in [7, 11) is 0. The minimum absolute atomic E-state index is 0.110. The smallest absolute Gasteiger partial charge is 0.310 e. The van der Waals surface area contributed by atoms with Gasteiger partial charge >= 0.3 is 5.91 Å². The number of hydrogen-bond donors (Lipinski definition) is 2. The lowest BCUT2D eigenvalue weighted by Gasteiger charge is -2.10. The minimum Gasteiger partial charge on any atom is -0.347 e. The van der Waals surface area contributed by atoms with Crippen LogP contribution in [0.3, 0.4) is 0 Å². The van der Waals surface area contributed by atoms with Crippen LogP contribution in [-0.4, -0.2) is 52.3 Å². The number of nitrogens with zero attached hydrogens (tertiary/aromatic N) is 1. The van der Waals surface area contributed by atoms with Gasteiger partial charge in [0.05, 0.1) is 19.0 Å². The summed E-state index contributed by atoms with van der Waals surface area (Å²) in [5.41, 5.74) is 5.03. The highest BCUT2D eigenvalue weighted by molar-refractivity contribution is 7.80. The van der Waals surface area contributed by atoms with Gasteiger partial charge in [0.1, 0.15) is 10.8 Å². The Balaban J connectivity index is 2.70. The lowest BCUT2D eigenvalue weighted by molar-refractivity contribution is -0.135. The number of hydrogen-bond acceptors (Lipinski definition) is 7. The van der Waals surface area contributed by atoms with Crippen molar-refractivity contribution in [3.8, 4) is 11.8 Å². The Labute approximate surface area is 131 Å². The number of thiocarbonyl (C=S) groups is 1. The van der Waals surface area contributed by atoms with Gasteiger partial charge in [-0.15, -0.1) is 0 Å². The normalized spacial score (nSPS) is 16.8. The van der Waals surface area contributed by atoms with E-state index in [4.69, 9.17) is 18.0 Å². The molecule has 0 aromatic carbocycles. The van der Waals surface area contributed by atoms with Crippen LogP contribution in [0, 0.1) is 17.8 Å². The zero-order valence-corrected chi connectivity index (χ0v) is 12.5. The first-order valence-corrected chi connectivity index (χ1v) is 6.61. The van der Waals surface area contributed by atoms with E-state index in [1.807, 2.05) is 11.8 Å². The molecule has 8 nitrogen and oxygen atoms in total. The molecule has 1 heterocycles. The van der Waals surface area contributed by atoms with Crippen molar-refractivity contribution in [2.45, 2.75) is 13.3 Å². The molecule has 0 bridgehead atoms. The van der Waals surface area contributed by atoms with Crippen molar-refractivity contribution in [3.63, 3.8) is 0 Å². The Morgan fingerprint density at radius 3 is 2.50 bits per heavy atom. The second-order valence-corrected chi connectivity index (χ2v) is 4.81. The first-order valence-electron chi connectivity index (χ1n) is 6.20. The van der Waals surface area contributed by atoms with Gasteiger partial charge in [-0.05, 0) is 12.8 Å². The average molecular weight is 323 g/mol. The molecule has 3 amide bonds. The number of likely N-dealkylation sites (tertiary alicyclic amines) is 1. The summed E-state index contributed by atoms with van der Waals surface area (Å²) in [5, 5.41) is 2.19. The number of imide groups is 1. The van der Waals surface area contributed by atoms with Crippen molar-refractivity contribution in [3.05, 3.63) is 0 Å². The van der Waals surface area contributed by atoms with Gasteiger partial charge in [-0.25, -0.2) is 4.90 Å². The molecule has 22 heavy (non-hydrogen) atoms. The van der Waals surface area contributed by atoms with E-state index in [0.29, 0.717) is 4.90 Å². The van der Waals surface area contributed by atoms with Crippen molar-refractivity contribution in [1.82, 2.24) is 10.2 Å². The lowest BCUT2D eigenvalue weighted by Crippen LogP contribution is -2.36. The third-order valence-electron chi connectivity index (χ3n) is 2.78. The highest BCUT2D eigenvalue weighted by atomic mass is 32.1. The summed E-state index contributed by atoms with van der Waals surface area (Å²) in [6.45, 7) is 0.598. The third-order valence-corrected chi connectivity index (χ3v) is 3.25. The number of carbonyl (C=O) groups excluding carboxylic acids is 5. The fraction of sp³-hybridized carbons (Fsp3) is 0.385. The quantitative estimate of drug-likeness (QED) is 0.345. The molecule has 1 unspecified atom stereocenters. The maximum Gasteiger partial charge on any atom is 0.310 e. The zero-order valence-electron chi connectivity index (χ0n) is 11.7. The van der Waals surface area contributed by atoms with Gasteiger partial charge in [-0.1, -0.05) is 12.2 Å². The van der Waals surface area contributed by atoms with Crippen LogP contribution in [0.25, 0.3) is 0 Å². The fourth-order valence-electron chi connectivity index (χ4n) is 1.64. The van der Waals surface area contributed by atoms with Gasteiger partial charge in [-0.2, -0.15) is 0 Å². The molecule has 3 N–H and O–H groups in total. The van der Waals surface area contributed by atoms with Crippen LogP contribution >= 0.6 is 12.2 Å². The predicted octanol–water partition coefficient (Wildman–Crippen LogP) is -2.07. The first-order chi connectivity index (χ1) is 10.3. The number of rotatable bonds is 4. The Morgan fingerprint density at radius 2 is 2.00 bits per heavy atom. The summed E-state index contributed by atoms with van der Waals surface area (Å²) in [4.78, 5) is 57.5. The molecule has 0 aliphatic carbocycles. The Bertz CT molecular complexity index is 631. The molecule has 116 valence electrons. The maximum absolute atomic E-state index is 11.8. The van der Waals surface area contributed by atoms with Crippen molar-refractivity contribution in [1.29, 1.82) is 0 Å². The Kier molecular flexibility index (Phi) is 6.03. The van der Waals surface area contributed by atoms with Gasteiger partial charge in [0.25, 0.3) is 0 Å². The molecule has 1 rings (SSSR count).